The molecule has 0 saturated carbocycles. The predicted octanol–water partition coefficient (Wildman–Crippen LogP) is 4.24. The Kier molecular flexibility index (Phi) is 6.23. The van der Waals surface area contributed by atoms with Crippen molar-refractivity contribution < 1.29 is 17.6 Å². The van der Waals surface area contributed by atoms with Crippen LogP contribution in [-0.2, 0) is 0 Å². The average molecular weight is 292 g/mol. The molecule has 0 aliphatic rings. The molecule has 7 heteroatoms. The maximum atomic E-state index is 12.9. The van der Waals surface area contributed by atoms with Crippen LogP contribution in [0.4, 0.5) is 17.6 Å². The Morgan fingerprint density at radius 2 is 1.82 bits per heavy atom. The molecule has 0 fully saturated rings. The van der Waals surface area contributed by atoms with Gasteiger partial charge in [0, 0.05) is 17.5 Å². The molecule has 0 aromatic heterocycles. The van der Waals surface area contributed by atoms with E-state index >= 15 is 0 Å². The summed E-state index contributed by atoms with van der Waals surface area (Å²) in [6, 6.07) is 2.66. The summed E-state index contributed by atoms with van der Waals surface area (Å²) in [5.41, 5.74) is 5.79. The lowest BCUT2D eigenvalue weighted by atomic mass is 10.0. The van der Waals surface area contributed by atoms with Gasteiger partial charge in [-0.15, -0.1) is 12.4 Å². The molecule has 1 aromatic carbocycles. The van der Waals surface area contributed by atoms with Gasteiger partial charge in [-0.25, -0.2) is 4.39 Å². The molecule has 0 aliphatic heterocycles. The van der Waals surface area contributed by atoms with Gasteiger partial charge in [-0.05, 0) is 30.2 Å². The van der Waals surface area contributed by atoms with Gasteiger partial charge in [-0.2, -0.15) is 13.2 Å². The van der Waals surface area contributed by atoms with Gasteiger partial charge in [-0.1, -0.05) is 11.6 Å². The minimum atomic E-state index is -4.26. The second-order valence-corrected chi connectivity index (χ2v) is 3.90. The fourth-order valence-electron chi connectivity index (χ4n) is 1.28. The number of rotatable bonds is 3. The molecule has 2 N–H and O–H groups in total. The molecule has 0 unspecified atom stereocenters. The van der Waals surface area contributed by atoms with Crippen molar-refractivity contribution in [1.82, 2.24) is 0 Å². The average Bonchev–Trinajstić information content (AvgIpc) is 2.11. The fraction of sp³-hybridized carbons (Fsp3) is 0.400. The Bertz CT molecular complexity index is 348. The Morgan fingerprint density at radius 1 is 1.24 bits per heavy atom. The van der Waals surface area contributed by atoms with E-state index in [0.29, 0.717) is 0 Å². The molecule has 0 radical (unpaired) electrons. The quantitative estimate of drug-likeness (QED) is 0.828. The van der Waals surface area contributed by atoms with Crippen LogP contribution in [0.1, 0.15) is 24.4 Å². The first-order valence-corrected chi connectivity index (χ1v) is 4.94. The Balaban J connectivity index is 0.00000256. The topological polar surface area (TPSA) is 26.0 Å². The first-order valence-electron chi connectivity index (χ1n) is 4.56. The molecule has 0 bridgehead atoms. The van der Waals surface area contributed by atoms with E-state index in [4.69, 9.17) is 17.3 Å². The van der Waals surface area contributed by atoms with Gasteiger partial charge in [0.25, 0.3) is 0 Å². The number of halogens is 6. The van der Waals surface area contributed by atoms with Crippen LogP contribution in [0.2, 0.25) is 5.02 Å². The highest BCUT2D eigenvalue weighted by Gasteiger charge is 2.27. The lowest BCUT2D eigenvalue weighted by Crippen LogP contribution is -2.15. The first kappa shape index (κ1) is 16.5. The zero-order chi connectivity index (χ0) is 12.3. The predicted molar refractivity (Wildman–Crippen MR) is 60.9 cm³/mol. The van der Waals surface area contributed by atoms with Gasteiger partial charge in [0.15, 0.2) is 0 Å². The molecule has 17 heavy (non-hydrogen) atoms. The minimum absolute atomic E-state index is 0. The molecule has 0 saturated heterocycles. The third-order valence-corrected chi connectivity index (χ3v) is 2.27. The van der Waals surface area contributed by atoms with Crippen LogP contribution in [0.5, 0.6) is 0 Å². The van der Waals surface area contributed by atoms with E-state index in [9.17, 15) is 17.6 Å². The Morgan fingerprint density at radius 3 is 2.29 bits per heavy atom. The third kappa shape index (κ3) is 6.10. The third-order valence-electron chi connectivity index (χ3n) is 2.05. The number of alkyl halides is 3. The van der Waals surface area contributed by atoms with E-state index < -0.39 is 24.5 Å². The van der Waals surface area contributed by atoms with Crippen LogP contribution in [-0.4, -0.2) is 6.18 Å². The van der Waals surface area contributed by atoms with Crippen LogP contribution >= 0.6 is 24.0 Å². The van der Waals surface area contributed by atoms with Gasteiger partial charge in [0.1, 0.15) is 5.82 Å². The molecule has 1 rings (SSSR count). The van der Waals surface area contributed by atoms with E-state index in [1.54, 1.807) is 0 Å². The van der Waals surface area contributed by atoms with E-state index in [0.717, 1.165) is 12.1 Å². The summed E-state index contributed by atoms with van der Waals surface area (Å²) in [5, 5.41) is 0.123. The normalized spacial score (nSPS) is 13.1. The van der Waals surface area contributed by atoms with Crippen molar-refractivity contribution in [3.8, 4) is 0 Å². The van der Waals surface area contributed by atoms with Gasteiger partial charge in [-0.3, -0.25) is 0 Å². The molecule has 0 spiro atoms. The highest BCUT2D eigenvalue weighted by molar-refractivity contribution is 6.30. The monoisotopic (exact) mass is 291 g/mol. The van der Waals surface area contributed by atoms with E-state index in [1.807, 2.05) is 0 Å². The van der Waals surface area contributed by atoms with E-state index in [1.165, 1.54) is 6.07 Å². The van der Waals surface area contributed by atoms with Gasteiger partial charge in [0.05, 0.1) is 0 Å². The van der Waals surface area contributed by atoms with Crippen LogP contribution in [0.25, 0.3) is 0 Å². The zero-order valence-corrected chi connectivity index (χ0v) is 10.2. The van der Waals surface area contributed by atoms with E-state index in [2.05, 4.69) is 0 Å². The molecule has 1 nitrogen and oxygen atoms in total. The van der Waals surface area contributed by atoms with Gasteiger partial charge >= 0.3 is 6.18 Å². The van der Waals surface area contributed by atoms with Crippen molar-refractivity contribution >= 4 is 24.0 Å². The molecular weight excluding hydrogens is 281 g/mol. The smallest absolute Gasteiger partial charge is 0.324 e. The van der Waals surface area contributed by atoms with Crippen molar-refractivity contribution in [1.29, 1.82) is 0 Å². The summed E-state index contributed by atoms with van der Waals surface area (Å²) in [4.78, 5) is 0. The van der Waals surface area contributed by atoms with Gasteiger partial charge in [0.2, 0.25) is 0 Å². The lowest BCUT2D eigenvalue weighted by molar-refractivity contribution is -0.136. The maximum absolute atomic E-state index is 12.9. The molecular formula is C10H11Cl2F4N. The van der Waals surface area contributed by atoms with Crippen molar-refractivity contribution in [3.05, 3.63) is 34.6 Å². The molecule has 0 heterocycles. The summed E-state index contributed by atoms with van der Waals surface area (Å²) in [6.07, 6.45) is -5.54. The highest BCUT2D eigenvalue weighted by Crippen LogP contribution is 2.27. The van der Waals surface area contributed by atoms with Crippen molar-refractivity contribution in [2.45, 2.75) is 25.1 Å². The van der Waals surface area contributed by atoms with Crippen LogP contribution in [0, 0.1) is 5.82 Å². The van der Waals surface area contributed by atoms with Crippen molar-refractivity contribution in [3.63, 3.8) is 0 Å². The van der Waals surface area contributed by atoms with Crippen LogP contribution in [0.3, 0.4) is 0 Å². The number of hydrogen-bond donors (Lipinski definition) is 1. The number of nitrogens with two attached hydrogens (primary N) is 1. The molecule has 1 atom stereocenters. The SMILES string of the molecule is Cl.N[C@@H](CCC(F)(F)F)c1cc(F)cc(Cl)c1. The zero-order valence-electron chi connectivity index (χ0n) is 8.60. The second-order valence-electron chi connectivity index (χ2n) is 3.46. The first-order chi connectivity index (χ1) is 7.28. The lowest BCUT2D eigenvalue weighted by Gasteiger charge is -2.13. The Labute approximate surface area is 107 Å². The molecule has 1 aromatic rings. The van der Waals surface area contributed by atoms with Crippen LogP contribution < -0.4 is 5.73 Å². The van der Waals surface area contributed by atoms with Crippen molar-refractivity contribution in [2.75, 3.05) is 0 Å². The maximum Gasteiger partial charge on any atom is 0.389 e. The highest BCUT2D eigenvalue weighted by atomic mass is 35.5. The summed E-state index contributed by atoms with van der Waals surface area (Å²) in [6.45, 7) is 0. The molecule has 0 aliphatic carbocycles. The second kappa shape index (κ2) is 6.42. The summed E-state index contributed by atoms with van der Waals surface area (Å²) < 4.78 is 48.7. The summed E-state index contributed by atoms with van der Waals surface area (Å²) in [5.74, 6) is -0.607. The molecule has 98 valence electrons. The number of hydrogen-bond acceptors (Lipinski definition) is 1. The largest absolute Gasteiger partial charge is 0.389 e. The fourth-order valence-corrected chi connectivity index (χ4v) is 1.51. The number of benzene rings is 1. The van der Waals surface area contributed by atoms with Crippen molar-refractivity contribution in [2.24, 2.45) is 5.73 Å². The van der Waals surface area contributed by atoms with E-state index in [-0.39, 0.29) is 29.4 Å². The standard InChI is InChI=1S/C10H10ClF4N.ClH/c11-7-3-6(4-8(12)5-7)9(16)1-2-10(13,14)15;/h3-5,9H,1-2,16H2;1H/t9-;/m0./s1. The minimum Gasteiger partial charge on any atom is -0.324 e. The summed E-state index contributed by atoms with van der Waals surface area (Å²) in [7, 11) is 0. The van der Waals surface area contributed by atoms with Crippen LogP contribution in [0.15, 0.2) is 18.2 Å². The summed E-state index contributed by atoms with van der Waals surface area (Å²) >= 11 is 5.57. The molecule has 0 amide bonds. The van der Waals surface area contributed by atoms with Gasteiger partial charge < -0.3 is 5.73 Å². The Hall–Kier alpha value is -0.520.